The minimum atomic E-state index is -0.985. The van der Waals surface area contributed by atoms with E-state index in [0.29, 0.717) is 11.4 Å². The summed E-state index contributed by atoms with van der Waals surface area (Å²) in [7, 11) is 0. The van der Waals surface area contributed by atoms with Crippen LogP contribution in [0.4, 0.5) is 10.1 Å². The molecule has 0 aliphatic rings. The zero-order valence-electron chi connectivity index (χ0n) is 14.6. The Morgan fingerprint density at radius 2 is 1.70 bits per heavy atom. The highest BCUT2D eigenvalue weighted by atomic mass is 19.1. The highest BCUT2D eigenvalue weighted by molar-refractivity contribution is 5.97. The van der Waals surface area contributed by atoms with Crippen molar-refractivity contribution in [1.82, 2.24) is 0 Å². The lowest BCUT2D eigenvalue weighted by Gasteiger charge is -2.14. The van der Waals surface area contributed by atoms with Crippen molar-refractivity contribution in [3.8, 4) is 5.75 Å². The van der Waals surface area contributed by atoms with Crippen LogP contribution in [0.25, 0.3) is 10.8 Å². The van der Waals surface area contributed by atoms with Crippen LogP contribution in [-0.2, 0) is 14.3 Å². The minimum absolute atomic E-state index is 0.335. The van der Waals surface area contributed by atoms with Crippen molar-refractivity contribution in [3.05, 3.63) is 72.5 Å². The SMILES string of the molecule is CC(OC(=O)COc1ccc(F)cc1)C(=O)Nc1ccc2ccccc2c1. The highest BCUT2D eigenvalue weighted by Crippen LogP contribution is 2.19. The van der Waals surface area contributed by atoms with E-state index in [-0.39, 0.29) is 6.61 Å². The first-order chi connectivity index (χ1) is 13.0. The summed E-state index contributed by atoms with van der Waals surface area (Å²) in [5, 5.41) is 4.78. The van der Waals surface area contributed by atoms with E-state index in [9.17, 15) is 14.0 Å². The summed E-state index contributed by atoms with van der Waals surface area (Å²) >= 11 is 0. The minimum Gasteiger partial charge on any atom is -0.482 e. The summed E-state index contributed by atoms with van der Waals surface area (Å²) in [6.07, 6.45) is -0.985. The first kappa shape index (κ1) is 18.4. The second-order valence-corrected chi connectivity index (χ2v) is 5.93. The number of amides is 1. The molecule has 0 aromatic heterocycles. The highest BCUT2D eigenvalue weighted by Gasteiger charge is 2.18. The molecule has 27 heavy (non-hydrogen) atoms. The zero-order chi connectivity index (χ0) is 19.2. The van der Waals surface area contributed by atoms with Crippen molar-refractivity contribution >= 4 is 28.3 Å². The molecule has 3 aromatic rings. The lowest BCUT2D eigenvalue weighted by atomic mass is 10.1. The number of halogens is 1. The van der Waals surface area contributed by atoms with Gasteiger partial charge in [0.1, 0.15) is 11.6 Å². The van der Waals surface area contributed by atoms with Gasteiger partial charge >= 0.3 is 5.97 Å². The zero-order valence-corrected chi connectivity index (χ0v) is 14.6. The fraction of sp³-hybridized carbons (Fsp3) is 0.143. The molecule has 3 aromatic carbocycles. The molecule has 0 saturated heterocycles. The maximum Gasteiger partial charge on any atom is 0.344 e. The van der Waals surface area contributed by atoms with Crippen LogP contribution < -0.4 is 10.1 Å². The molecule has 138 valence electrons. The van der Waals surface area contributed by atoms with Gasteiger partial charge in [0.15, 0.2) is 12.7 Å². The van der Waals surface area contributed by atoms with E-state index >= 15 is 0 Å². The number of hydrogen-bond donors (Lipinski definition) is 1. The molecule has 1 unspecified atom stereocenters. The number of carbonyl (C=O) groups is 2. The van der Waals surface area contributed by atoms with E-state index in [2.05, 4.69) is 5.32 Å². The summed E-state index contributed by atoms with van der Waals surface area (Å²) in [6.45, 7) is 1.10. The van der Waals surface area contributed by atoms with Crippen LogP contribution in [0.1, 0.15) is 6.92 Å². The largest absolute Gasteiger partial charge is 0.482 e. The van der Waals surface area contributed by atoms with Gasteiger partial charge in [-0.3, -0.25) is 4.79 Å². The number of benzene rings is 3. The average Bonchev–Trinajstić information content (AvgIpc) is 2.67. The van der Waals surface area contributed by atoms with Crippen molar-refractivity contribution in [1.29, 1.82) is 0 Å². The van der Waals surface area contributed by atoms with Crippen LogP contribution in [0, 0.1) is 5.82 Å². The number of esters is 1. The number of ether oxygens (including phenoxy) is 2. The first-order valence-electron chi connectivity index (χ1n) is 8.39. The van der Waals surface area contributed by atoms with E-state index in [1.54, 1.807) is 6.07 Å². The standard InChI is InChI=1S/C21H18FNO4/c1-14(27-20(24)13-26-19-10-7-17(22)8-11-19)21(25)23-18-9-6-15-4-2-3-5-16(15)12-18/h2-12,14H,13H2,1H3,(H,23,25). The Bertz CT molecular complexity index is 956. The van der Waals surface area contributed by atoms with Crippen LogP contribution in [0.15, 0.2) is 66.7 Å². The Balaban J connectivity index is 1.51. The molecule has 1 N–H and O–H groups in total. The summed E-state index contributed by atoms with van der Waals surface area (Å²) < 4.78 is 23.1. The number of hydrogen-bond acceptors (Lipinski definition) is 4. The Kier molecular flexibility index (Phi) is 5.66. The van der Waals surface area contributed by atoms with Crippen LogP contribution in [0.2, 0.25) is 0 Å². The molecule has 0 bridgehead atoms. The molecule has 0 fully saturated rings. The molecule has 3 rings (SSSR count). The third kappa shape index (κ3) is 5.04. The predicted octanol–water partition coefficient (Wildman–Crippen LogP) is 3.93. The Morgan fingerprint density at radius 3 is 2.44 bits per heavy atom. The van der Waals surface area contributed by atoms with Crippen LogP contribution in [-0.4, -0.2) is 24.6 Å². The molecule has 0 heterocycles. The Labute approximate surface area is 155 Å². The van der Waals surface area contributed by atoms with Crippen molar-refractivity contribution in [3.63, 3.8) is 0 Å². The van der Waals surface area contributed by atoms with Gasteiger partial charge in [0.2, 0.25) is 0 Å². The molecule has 0 radical (unpaired) electrons. The molecular formula is C21H18FNO4. The van der Waals surface area contributed by atoms with Gasteiger partial charge < -0.3 is 14.8 Å². The normalized spacial score (nSPS) is 11.6. The topological polar surface area (TPSA) is 64.6 Å². The molecule has 0 spiro atoms. The van der Waals surface area contributed by atoms with Gasteiger partial charge in [0.05, 0.1) is 0 Å². The second kappa shape index (κ2) is 8.31. The molecule has 6 heteroatoms. The number of anilines is 1. The molecule has 5 nitrogen and oxygen atoms in total. The summed E-state index contributed by atoms with van der Waals surface area (Å²) in [6, 6.07) is 18.6. The van der Waals surface area contributed by atoms with Gasteiger partial charge in [-0.05, 0) is 54.1 Å². The third-order valence-electron chi connectivity index (χ3n) is 3.86. The summed E-state index contributed by atoms with van der Waals surface area (Å²) in [4.78, 5) is 24.0. The van der Waals surface area contributed by atoms with E-state index in [4.69, 9.17) is 9.47 Å². The predicted molar refractivity (Wildman–Crippen MR) is 100 cm³/mol. The van der Waals surface area contributed by atoms with Crippen LogP contribution in [0.5, 0.6) is 5.75 Å². The summed E-state index contributed by atoms with van der Waals surface area (Å²) in [5.74, 6) is -1.20. The van der Waals surface area contributed by atoms with E-state index in [1.807, 2.05) is 36.4 Å². The maximum absolute atomic E-state index is 12.8. The van der Waals surface area contributed by atoms with Crippen molar-refractivity contribution < 1.29 is 23.5 Å². The van der Waals surface area contributed by atoms with Crippen molar-refractivity contribution in [2.45, 2.75) is 13.0 Å². The monoisotopic (exact) mass is 367 g/mol. The fourth-order valence-electron chi connectivity index (χ4n) is 2.47. The molecule has 0 aliphatic heterocycles. The number of rotatable bonds is 6. The molecule has 1 atom stereocenters. The Hall–Kier alpha value is -3.41. The third-order valence-corrected chi connectivity index (χ3v) is 3.86. The molecule has 0 saturated carbocycles. The van der Waals surface area contributed by atoms with Crippen LogP contribution in [0.3, 0.4) is 0 Å². The smallest absolute Gasteiger partial charge is 0.344 e. The summed E-state index contributed by atoms with van der Waals surface area (Å²) in [5.41, 5.74) is 0.615. The number of fused-ring (bicyclic) bond motifs is 1. The number of carbonyl (C=O) groups excluding carboxylic acids is 2. The quantitative estimate of drug-likeness (QED) is 0.671. The number of nitrogens with one attached hydrogen (secondary N) is 1. The molecule has 0 aliphatic carbocycles. The van der Waals surface area contributed by atoms with Crippen molar-refractivity contribution in [2.24, 2.45) is 0 Å². The van der Waals surface area contributed by atoms with Gasteiger partial charge in [0.25, 0.3) is 5.91 Å². The van der Waals surface area contributed by atoms with Gasteiger partial charge in [-0.25, -0.2) is 9.18 Å². The first-order valence-corrected chi connectivity index (χ1v) is 8.39. The lowest BCUT2D eigenvalue weighted by Crippen LogP contribution is -2.31. The van der Waals surface area contributed by atoms with Gasteiger partial charge in [-0.15, -0.1) is 0 Å². The average molecular weight is 367 g/mol. The molecular weight excluding hydrogens is 349 g/mol. The van der Waals surface area contributed by atoms with Gasteiger partial charge in [-0.2, -0.15) is 0 Å². The van der Waals surface area contributed by atoms with Crippen LogP contribution >= 0.6 is 0 Å². The van der Waals surface area contributed by atoms with Gasteiger partial charge in [-0.1, -0.05) is 30.3 Å². The fourth-order valence-corrected chi connectivity index (χ4v) is 2.47. The van der Waals surface area contributed by atoms with Gasteiger partial charge in [0, 0.05) is 5.69 Å². The Morgan fingerprint density at radius 1 is 1.00 bits per heavy atom. The lowest BCUT2D eigenvalue weighted by molar-refractivity contribution is -0.155. The van der Waals surface area contributed by atoms with Crippen molar-refractivity contribution in [2.75, 3.05) is 11.9 Å². The van der Waals surface area contributed by atoms with E-state index in [0.717, 1.165) is 10.8 Å². The van der Waals surface area contributed by atoms with E-state index < -0.39 is 23.8 Å². The molecule has 1 amide bonds. The maximum atomic E-state index is 12.8. The van der Waals surface area contributed by atoms with E-state index in [1.165, 1.54) is 31.2 Å². The second-order valence-electron chi connectivity index (χ2n) is 5.93.